The van der Waals surface area contributed by atoms with Crippen LogP contribution >= 0.6 is 0 Å². The van der Waals surface area contributed by atoms with Crippen LogP contribution in [-0.4, -0.2) is 75.2 Å². The van der Waals surface area contributed by atoms with Crippen LogP contribution in [0.2, 0.25) is 0 Å². The molecule has 3 fully saturated rings. The molecular weight excluding hydrogens is 254 g/mol. The Morgan fingerprint density at radius 1 is 1.25 bits per heavy atom. The first-order valence-electron chi connectivity index (χ1n) is 7.94. The van der Waals surface area contributed by atoms with Crippen molar-refractivity contribution in [2.24, 2.45) is 11.3 Å². The zero-order valence-electron chi connectivity index (χ0n) is 12.6. The molecule has 3 saturated heterocycles. The van der Waals surface area contributed by atoms with Crippen molar-refractivity contribution in [1.82, 2.24) is 15.1 Å². The van der Waals surface area contributed by atoms with E-state index in [0.29, 0.717) is 17.9 Å². The highest BCUT2D eigenvalue weighted by molar-refractivity contribution is 5.79. The summed E-state index contributed by atoms with van der Waals surface area (Å²) >= 11 is 0. The molecule has 5 nitrogen and oxygen atoms in total. The average molecular weight is 281 g/mol. The summed E-state index contributed by atoms with van der Waals surface area (Å²) in [5, 5.41) is 3.30. The topological polar surface area (TPSA) is 44.8 Å². The number of hydrogen-bond acceptors (Lipinski definition) is 4. The van der Waals surface area contributed by atoms with Crippen LogP contribution in [0, 0.1) is 11.3 Å². The van der Waals surface area contributed by atoms with E-state index in [1.165, 1.54) is 32.4 Å². The van der Waals surface area contributed by atoms with Crippen LogP contribution in [0.5, 0.6) is 0 Å². The molecule has 1 spiro atoms. The lowest BCUT2D eigenvalue weighted by atomic mass is 9.78. The molecular formula is C15H27N3O2. The van der Waals surface area contributed by atoms with Crippen LogP contribution in [0.15, 0.2) is 0 Å². The number of amides is 1. The van der Waals surface area contributed by atoms with E-state index < -0.39 is 0 Å². The molecule has 1 unspecified atom stereocenters. The third-order valence-corrected chi connectivity index (χ3v) is 5.28. The van der Waals surface area contributed by atoms with Crippen molar-refractivity contribution in [3.63, 3.8) is 0 Å². The van der Waals surface area contributed by atoms with E-state index >= 15 is 0 Å². The Kier molecular flexibility index (Phi) is 4.29. The Balaban J connectivity index is 1.57. The quantitative estimate of drug-likeness (QED) is 0.744. The van der Waals surface area contributed by atoms with Crippen LogP contribution in [0.1, 0.15) is 19.3 Å². The van der Waals surface area contributed by atoms with Crippen LogP contribution < -0.4 is 5.32 Å². The fraction of sp³-hybridized carbons (Fsp3) is 0.933. The molecule has 3 aliphatic rings. The highest BCUT2D eigenvalue weighted by atomic mass is 16.5. The minimum atomic E-state index is 0.0129. The van der Waals surface area contributed by atoms with E-state index in [1.807, 2.05) is 0 Å². The predicted molar refractivity (Wildman–Crippen MR) is 77.5 cm³/mol. The van der Waals surface area contributed by atoms with Gasteiger partial charge in [0.25, 0.3) is 0 Å². The maximum absolute atomic E-state index is 12.6. The Morgan fingerprint density at radius 2 is 2.00 bits per heavy atom. The van der Waals surface area contributed by atoms with E-state index in [-0.39, 0.29) is 5.92 Å². The van der Waals surface area contributed by atoms with E-state index in [2.05, 4.69) is 22.2 Å². The normalized spacial score (nSPS) is 31.4. The first-order chi connectivity index (χ1) is 9.69. The van der Waals surface area contributed by atoms with Gasteiger partial charge in [0.05, 0.1) is 19.1 Å². The Morgan fingerprint density at radius 3 is 2.80 bits per heavy atom. The molecule has 0 radical (unpaired) electrons. The summed E-state index contributed by atoms with van der Waals surface area (Å²) in [5.74, 6) is 0.314. The molecule has 0 aromatic rings. The minimum Gasteiger partial charge on any atom is -0.379 e. The van der Waals surface area contributed by atoms with Gasteiger partial charge in [-0.15, -0.1) is 0 Å². The van der Waals surface area contributed by atoms with Crippen LogP contribution in [0.25, 0.3) is 0 Å². The fourth-order valence-corrected chi connectivity index (χ4v) is 3.75. The molecule has 114 valence electrons. The van der Waals surface area contributed by atoms with Gasteiger partial charge < -0.3 is 19.9 Å². The lowest BCUT2D eigenvalue weighted by molar-refractivity contribution is -0.136. The number of rotatable bonds is 1. The number of nitrogens with zero attached hydrogens (tertiary/aromatic N) is 2. The highest BCUT2D eigenvalue weighted by Crippen LogP contribution is 2.40. The number of nitrogens with one attached hydrogen (secondary N) is 1. The summed E-state index contributed by atoms with van der Waals surface area (Å²) < 4.78 is 5.52. The summed E-state index contributed by atoms with van der Waals surface area (Å²) in [5.41, 5.74) is 0.404. The van der Waals surface area contributed by atoms with Gasteiger partial charge in [-0.25, -0.2) is 0 Å². The molecule has 0 aromatic carbocycles. The maximum Gasteiger partial charge on any atom is 0.229 e. The molecule has 0 bridgehead atoms. The SMILES string of the molecule is CN1CCC2(CC1)CCN(C(=O)C1CNCCOC1)C2. The second-order valence-electron chi connectivity index (χ2n) is 6.79. The van der Waals surface area contributed by atoms with Gasteiger partial charge in [0, 0.05) is 26.2 Å². The van der Waals surface area contributed by atoms with Gasteiger partial charge in [-0.1, -0.05) is 0 Å². The van der Waals surface area contributed by atoms with Crippen molar-refractivity contribution in [2.75, 3.05) is 59.5 Å². The minimum absolute atomic E-state index is 0.0129. The lowest BCUT2D eigenvalue weighted by Crippen LogP contribution is -2.43. The fourth-order valence-electron chi connectivity index (χ4n) is 3.75. The molecule has 5 heteroatoms. The number of carbonyl (C=O) groups is 1. The van der Waals surface area contributed by atoms with Gasteiger partial charge in [-0.3, -0.25) is 4.79 Å². The third-order valence-electron chi connectivity index (χ3n) is 5.28. The standard InChI is InChI=1S/C15H27N3O2/c1-17-6-2-15(3-7-17)4-8-18(12-15)14(19)13-10-16-5-9-20-11-13/h13,16H,2-12H2,1H3. The molecule has 3 rings (SSSR count). The number of ether oxygens (including phenoxy) is 1. The molecule has 3 aliphatic heterocycles. The Hall–Kier alpha value is -0.650. The molecule has 0 aliphatic carbocycles. The van der Waals surface area contributed by atoms with Gasteiger partial charge in [-0.05, 0) is 44.8 Å². The second-order valence-corrected chi connectivity index (χ2v) is 6.79. The van der Waals surface area contributed by atoms with Crippen molar-refractivity contribution in [3.05, 3.63) is 0 Å². The third kappa shape index (κ3) is 3.00. The van der Waals surface area contributed by atoms with Crippen molar-refractivity contribution < 1.29 is 9.53 Å². The molecule has 1 amide bonds. The summed E-state index contributed by atoms with van der Waals surface area (Å²) in [7, 11) is 2.19. The lowest BCUT2D eigenvalue weighted by Gasteiger charge is -2.37. The van der Waals surface area contributed by atoms with Crippen LogP contribution in [-0.2, 0) is 9.53 Å². The van der Waals surface area contributed by atoms with Gasteiger partial charge in [0.1, 0.15) is 0 Å². The summed E-state index contributed by atoms with van der Waals surface area (Å²) in [4.78, 5) is 17.1. The van der Waals surface area contributed by atoms with Crippen molar-refractivity contribution in [3.8, 4) is 0 Å². The van der Waals surface area contributed by atoms with E-state index in [1.54, 1.807) is 0 Å². The smallest absolute Gasteiger partial charge is 0.229 e. The zero-order chi connectivity index (χ0) is 14.0. The van der Waals surface area contributed by atoms with Gasteiger partial charge in [0.2, 0.25) is 5.91 Å². The van der Waals surface area contributed by atoms with Crippen molar-refractivity contribution >= 4 is 5.91 Å². The molecule has 1 atom stereocenters. The van der Waals surface area contributed by atoms with Gasteiger partial charge in [0.15, 0.2) is 0 Å². The van der Waals surface area contributed by atoms with E-state index in [0.717, 1.165) is 32.8 Å². The van der Waals surface area contributed by atoms with Crippen LogP contribution in [0.3, 0.4) is 0 Å². The van der Waals surface area contributed by atoms with Gasteiger partial charge >= 0.3 is 0 Å². The van der Waals surface area contributed by atoms with Gasteiger partial charge in [-0.2, -0.15) is 0 Å². The maximum atomic E-state index is 12.6. The second kappa shape index (κ2) is 6.00. The summed E-state index contributed by atoms with van der Waals surface area (Å²) in [6.07, 6.45) is 3.67. The van der Waals surface area contributed by atoms with Crippen molar-refractivity contribution in [2.45, 2.75) is 19.3 Å². The summed E-state index contributed by atoms with van der Waals surface area (Å²) in [6.45, 7) is 7.20. The molecule has 1 N–H and O–H groups in total. The monoisotopic (exact) mass is 281 g/mol. The first kappa shape index (κ1) is 14.3. The Bertz CT molecular complexity index is 345. The number of piperidine rings is 1. The first-order valence-corrected chi connectivity index (χ1v) is 7.94. The molecule has 0 aromatic heterocycles. The number of hydrogen-bond donors (Lipinski definition) is 1. The molecule has 3 heterocycles. The highest BCUT2D eigenvalue weighted by Gasteiger charge is 2.42. The van der Waals surface area contributed by atoms with Crippen LogP contribution in [0.4, 0.5) is 0 Å². The molecule has 0 saturated carbocycles. The average Bonchev–Trinajstić information content (AvgIpc) is 2.69. The van der Waals surface area contributed by atoms with Crippen molar-refractivity contribution in [1.29, 1.82) is 0 Å². The van der Waals surface area contributed by atoms with E-state index in [9.17, 15) is 4.79 Å². The largest absolute Gasteiger partial charge is 0.379 e. The van der Waals surface area contributed by atoms with E-state index in [4.69, 9.17) is 4.74 Å². The zero-order valence-corrected chi connectivity index (χ0v) is 12.6. The number of likely N-dealkylation sites (tertiary alicyclic amines) is 2. The Labute approximate surface area is 121 Å². The summed E-state index contributed by atoms with van der Waals surface area (Å²) in [6, 6.07) is 0. The number of carbonyl (C=O) groups excluding carboxylic acids is 1. The molecule has 20 heavy (non-hydrogen) atoms. The predicted octanol–water partition coefficient (Wildman–Crippen LogP) is 0.167.